The van der Waals surface area contributed by atoms with Crippen LogP contribution in [0.15, 0.2) is 109 Å². The van der Waals surface area contributed by atoms with Crippen LogP contribution in [0.3, 0.4) is 0 Å². The van der Waals surface area contributed by atoms with Gasteiger partial charge >= 0.3 is 0 Å². The van der Waals surface area contributed by atoms with Crippen molar-refractivity contribution in [1.82, 2.24) is 0 Å². The van der Waals surface area contributed by atoms with E-state index in [1.165, 1.54) is 0 Å². The Morgan fingerprint density at radius 2 is 0.694 bits per heavy atom. The standard InChI is InChI=1S/C32H20O2S2/c33-31(23-13-5-1-9-19(23)20-10-2-6-14-24(20)31)29-17-27-28(35-29)18-30(36-27)32(34)25-15-7-3-11-21(25)22-12-4-8-16-26(22)32/h1-18,33-34H. The third kappa shape index (κ3) is 2.42. The molecule has 4 aromatic carbocycles. The zero-order valence-corrected chi connectivity index (χ0v) is 20.7. The zero-order chi connectivity index (χ0) is 24.1. The van der Waals surface area contributed by atoms with Crippen molar-refractivity contribution >= 4 is 32.1 Å². The van der Waals surface area contributed by atoms with E-state index < -0.39 is 11.2 Å². The molecule has 0 fully saturated rings. The molecule has 2 nitrogen and oxygen atoms in total. The van der Waals surface area contributed by atoms with E-state index in [1.807, 2.05) is 72.8 Å². The van der Waals surface area contributed by atoms with Gasteiger partial charge in [-0.3, -0.25) is 0 Å². The normalized spacial score (nSPS) is 15.9. The van der Waals surface area contributed by atoms with Crippen LogP contribution in [0.5, 0.6) is 0 Å². The van der Waals surface area contributed by atoms with E-state index in [0.29, 0.717) is 0 Å². The van der Waals surface area contributed by atoms with Gasteiger partial charge in [-0.2, -0.15) is 0 Å². The van der Waals surface area contributed by atoms with Crippen LogP contribution in [-0.4, -0.2) is 10.2 Å². The first-order chi connectivity index (χ1) is 17.6. The van der Waals surface area contributed by atoms with Gasteiger partial charge in [0.15, 0.2) is 11.2 Å². The highest BCUT2D eigenvalue weighted by Crippen LogP contribution is 2.56. The molecule has 0 spiro atoms. The van der Waals surface area contributed by atoms with Crippen LogP contribution in [0.2, 0.25) is 0 Å². The molecule has 0 aliphatic heterocycles. The Morgan fingerprint density at radius 3 is 1.00 bits per heavy atom. The van der Waals surface area contributed by atoms with Crippen LogP contribution in [0.1, 0.15) is 32.0 Å². The maximum atomic E-state index is 12.2. The van der Waals surface area contributed by atoms with Crippen molar-refractivity contribution in [2.45, 2.75) is 11.2 Å². The highest BCUT2D eigenvalue weighted by molar-refractivity contribution is 7.28. The van der Waals surface area contributed by atoms with Gasteiger partial charge in [-0.05, 0) is 34.4 Å². The molecule has 172 valence electrons. The second kappa shape index (κ2) is 7.02. The number of aliphatic hydroxyl groups is 2. The Labute approximate surface area is 216 Å². The molecule has 0 atom stereocenters. The molecule has 0 saturated carbocycles. The number of hydrogen-bond donors (Lipinski definition) is 2. The molecule has 0 unspecified atom stereocenters. The first-order valence-corrected chi connectivity index (χ1v) is 13.6. The van der Waals surface area contributed by atoms with Gasteiger partial charge in [0.1, 0.15) is 0 Å². The molecule has 2 aromatic heterocycles. The van der Waals surface area contributed by atoms with Gasteiger partial charge in [-0.15, -0.1) is 22.7 Å². The Hall–Kier alpha value is -3.54. The molecule has 4 heteroatoms. The van der Waals surface area contributed by atoms with Crippen LogP contribution in [-0.2, 0) is 11.2 Å². The first kappa shape index (κ1) is 20.6. The second-order valence-corrected chi connectivity index (χ2v) is 11.7. The Bertz CT molecular complexity index is 1590. The van der Waals surface area contributed by atoms with E-state index in [1.54, 1.807) is 22.7 Å². The second-order valence-electron chi connectivity index (χ2n) is 9.55. The lowest BCUT2D eigenvalue weighted by atomic mass is 9.90. The third-order valence-corrected chi connectivity index (χ3v) is 10.3. The Morgan fingerprint density at radius 1 is 0.417 bits per heavy atom. The summed E-state index contributed by atoms with van der Waals surface area (Å²) in [5.74, 6) is 0. The van der Waals surface area contributed by atoms with Gasteiger partial charge in [0.25, 0.3) is 0 Å². The predicted octanol–water partition coefficient (Wildman–Crippen LogP) is 7.49. The maximum absolute atomic E-state index is 12.2. The van der Waals surface area contributed by atoms with Crippen LogP contribution in [0.4, 0.5) is 0 Å². The van der Waals surface area contributed by atoms with Crippen LogP contribution in [0.25, 0.3) is 31.7 Å². The van der Waals surface area contributed by atoms with Gasteiger partial charge in [0.2, 0.25) is 0 Å². The average molecular weight is 501 g/mol. The molecule has 36 heavy (non-hydrogen) atoms. The number of fused-ring (bicyclic) bond motifs is 7. The Kier molecular flexibility index (Phi) is 4.03. The Balaban J connectivity index is 1.31. The molecular formula is C32H20O2S2. The molecule has 2 N–H and O–H groups in total. The minimum absolute atomic E-state index is 0.909. The average Bonchev–Trinajstić information content (AvgIpc) is 3.64. The molecule has 8 rings (SSSR count). The van der Waals surface area contributed by atoms with Crippen LogP contribution < -0.4 is 0 Å². The molecule has 6 aromatic rings. The predicted molar refractivity (Wildman–Crippen MR) is 148 cm³/mol. The summed E-state index contributed by atoms with van der Waals surface area (Å²) in [6, 6.07) is 36.8. The fourth-order valence-electron chi connectivity index (χ4n) is 6.15. The van der Waals surface area contributed by atoms with Gasteiger partial charge in [-0.1, -0.05) is 97.1 Å². The molecule has 0 saturated heterocycles. The molecule has 0 amide bonds. The number of hydrogen-bond acceptors (Lipinski definition) is 4. The molecule has 2 aliphatic rings. The topological polar surface area (TPSA) is 40.5 Å². The zero-order valence-electron chi connectivity index (χ0n) is 19.1. The van der Waals surface area contributed by atoms with Crippen LogP contribution in [0, 0.1) is 0 Å². The van der Waals surface area contributed by atoms with Crippen molar-refractivity contribution < 1.29 is 10.2 Å². The van der Waals surface area contributed by atoms with Gasteiger partial charge in [0.05, 0.1) is 0 Å². The van der Waals surface area contributed by atoms with Crippen molar-refractivity contribution in [2.24, 2.45) is 0 Å². The van der Waals surface area contributed by atoms with Crippen molar-refractivity contribution in [2.75, 3.05) is 0 Å². The van der Waals surface area contributed by atoms with Crippen molar-refractivity contribution in [3.63, 3.8) is 0 Å². The molecule has 2 heterocycles. The molecule has 0 bridgehead atoms. The monoisotopic (exact) mass is 500 g/mol. The quantitative estimate of drug-likeness (QED) is 0.259. The van der Waals surface area contributed by atoms with E-state index in [9.17, 15) is 10.2 Å². The maximum Gasteiger partial charge on any atom is 0.150 e. The van der Waals surface area contributed by atoms with E-state index >= 15 is 0 Å². The highest BCUT2D eigenvalue weighted by Gasteiger charge is 2.46. The van der Waals surface area contributed by atoms with E-state index in [4.69, 9.17) is 0 Å². The summed E-state index contributed by atoms with van der Waals surface area (Å²) in [5, 5.41) is 24.5. The summed E-state index contributed by atoms with van der Waals surface area (Å²) in [6.07, 6.45) is 0. The summed E-state index contributed by atoms with van der Waals surface area (Å²) in [5.41, 5.74) is 5.69. The number of benzene rings is 4. The molecular weight excluding hydrogens is 480 g/mol. The number of rotatable bonds is 2. The third-order valence-electron chi connectivity index (χ3n) is 7.77. The van der Waals surface area contributed by atoms with Crippen molar-refractivity contribution in [3.05, 3.63) is 141 Å². The summed E-state index contributed by atoms with van der Waals surface area (Å²) in [6.45, 7) is 0. The van der Waals surface area contributed by atoms with E-state index in [-0.39, 0.29) is 0 Å². The molecule has 2 aliphatic carbocycles. The fraction of sp³-hybridized carbons (Fsp3) is 0.0625. The lowest BCUT2D eigenvalue weighted by molar-refractivity contribution is 0.135. The lowest BCUT2D eigenvalue weighted by Crippen LogP contribution is -2.25. The van der Waals surface area contributed by atoms with Crippen LogP contribution >= 0.6 is 22.7 Å². The van der Waals surface area contributed by atoms with Gasteiger partial charge in [0, 0.05) is 41.4 Å². The minimum atomic E-state index is -1.18. The minimum Gasteiger partial charge on any atom is -0.375 e. The fourth-order valence-corrected chi connectivity index (χ4v) is 8.78. The summed E-state index contributed by atoms with van der Waals surface area (Å²) >= 11 is 3.22. The highest BCUT2D eigenvalue weighted by atomic mass is 32.1. The van der Waals surface area contributed by atoms with E-state index in [0.717, 1.165) is 63.7 Å². The first-order valence-electron chi connectivity index (χ1n) is 12.0. The van der Waals surface area contributed by atoms with Crippen molar-refractivity contribution in [1.29, 1.82) is 0 Å². The number of thiophene rings is 2. The van der Waals surface area contributed by atoms with Gasteiger partial charge < -0.3 is 10.2 Å². The summed E-state index contributed by atoms with van der Waals surface area (Å²) in [7, 11) is 0. The van der Waals surface area contributed by atoms with Gasteiger partial charge in [-0.25, -0.2) is 0 Å². The SMILES string of the molecule is OC1(c2cc3sc(C4(O)c5ccccc5-c5ccccc54)cc3s2)c2ccccc2-c2ccccc21. The van der Waals surface area contributed by atoms with E-state index in [2.05, 4.69) is 36.4 Å². The lowest BCUT2D eigenvalue weighted by Gasteiger charge is -2.25. The van der Waals surface area contributed by atoms with Crippen molar-refractivity contribution in [3.8, 4) is 22.3 Å². The smallest absolute Gasteiger partial charge is 0.150 e. The summed E-state index contributed by atoms with van der Waals surface area (Å²) in [4.78, 5) is 1.82. The molecule has 0 radical (unpaired) electrons. The summed E-state index contributed by atoms with van der Waals surface area (Å²) < 4.78 is 2.16. The largest absolute Gasteiger partial charge is 0.375 e.